The van der Waals surface area contributed by atoms with Crippen LogP contribution in [0.15, 0.2) is 0 Å². The highest BCUT2D eigenvalue weighted by Gasteiger charge is 2.34. The zero-order valence-corrected chi connectivity index (χ0v) is 14.1. The van der Waals surface area contributed by atoms with E-state index in [-0.39, 0.29) is 6.61 Å². The van der Waals surface area contributed by atoms with Crippen molar-refractivity contribution in [1.29, 1.82) is 0 Å². The standard InChI is InChI=1S/C17H36N2O/c1-15(2)12-18-13-17(8-6-5-7-9-17)14-19(10-11-20)16(3)4/h15-16,18,20H,5-14H2,1-4H3. The highest BCUT2D eigenvalue weighted by molar-refractivity contribution is 4.88. The lowest BCUT2D eigenvalue weighted by atomic mass is 9.73. The zero-order valence-electron chi connectivity index (χ0n) is 14.1. The molecule has 0 bridgehead atoms. The molecule has 0 aliphatic heterocycles. The molecule has 0 atom stereocenters. The number of nitrogens with one attached hydrogen (secondary N) is 1. The number of nitrogens with zero attached hydrogens (tertiary/aromatic N) is 1. The second-order valence-corrected chi connectivity index (χ2v) is 7.37. The third-order valence-electron chi connectivity index (χ3n) is 4.62. The summed E-state index contributed by atoms with van der Waals surface area (Å²) in [5, 5.41) is 13.0. The van der Waals surface area contributed by atoms with Gasteiger partial charge in [0.05, 0.1) is 6.61 Å². The summed E-state index contributed by atoms with van der Waals surface area (Å²) >= 11 is 0. The summed E-state index contributed by atoms with van der Waals surface area (Å²) in [5.74, 6) is 0.717. The lowest BCUT2D eigenvalue weighted by molar-refractivity contribution is 0.0697. The Morgan fingerprint density at radius 2 is 1.75 bits per heavy atom. The minimum atomic E-state index is 0.272. The molecule has 0 heterocycles. The fourth-order valence-electron chi connectivity index (χ4n) is 3.40. The van der Waals surface area contributed by atoms with E-state index in [9.17, 15) is 5.11 Å². The van der Waals surface area contributed by atoms with Crippen molar-refractivity contribution in [3.63, 3.8) is 0 Å². The van der Waals surface area contributed by atoms with E-state index in [0.717, 1.165) is 26.2 Å². The van der Waals surface area contributed by atoms with Gasteiger partial charge in [-0.05, 0) is 44.6 Å². The lowest BCUT2D eigenvalue weighted by Crippen LogP contribution is -2.48. The van der Waals surface area contributed by atoms with E-state index in [1.54, 1.807) is 0 Å². The van der Waals surface area contributed by atoms with E-state index in [1.807, 2.05) is 0 Å². The number of hydrogen-bond acceptors (Lipinski definition) is 3. The smallest absolute Gasteiger partial charge is 0.0558 e. The summed E-state index contributed by atoms with van der Waals surface area (Å²) in [5.41, 5.74) is 0.423. The van der Waals surface area contributed by atoms with Crippen LogP contribution >= 0.6 is 0 Å². The van der Waals surface area contributed by atoms with E-state index in [2.05, 4.69) is 37.9 Å². The Morgan fingerprint density at radius 1 is 1.10 bits per heavy atom. The first-order valence-electron chi connectivity index (χ1n) is 8.55. The predicted molar refractivity (Wildman–Crippen MR) is 87.0 cm³/mol. The minimum Gasteiger partial charge on any atom is -0.395 e. The van der Waals surface area contributed by atoms with E-state index < -0.39 is 0 Å². The first kappa shape index (κ1) is 17.9. The summed E-state index contributed by atoms with van der Waals surface area (Å²) in [7, 11) is 0. The van der Waals surface area contributed by atoms with E-state index >= 15 is 0 Å². The maximum atomic E-state index is 9.29. The van der Waals surface area contributed by atoms with Crippen LogP contribution in [0.2, 0.25) is 0 Å². The molecule has 0 aromatic heterocycles. The topological polar surface area (TPSA) is 35.5 Å². The molecule has 1 aliphatic rings. The fraction of sp³-hybridized carbons (Fsp3) is 1.00. The molecule has 0 unspecified atom stereocenters. The van der Waals surface area contributed by atoms with Crippen molar-refractivity contribution in [2.45, 2.75) is 65.8 Å². The first-order valence-corrected chi connectivity index (χ1v) is 8.55. The van der Waals surface area contributed by atoms with Crippen molar-refractivity contribution in [2.75, 3.05) is 32.8 Å². The third-order valence-corrected chi connectivity index (χ3v) is 4.62. The molecule has 20 heavy (non-hydrogen) atoms. The average Bonchev–Trinajstić information content (AvgIpc) is 2.39. The number of hydrogen-bond donors (Lipinski definition) is 2. The van der Waals surface area contributed by atoms with Crippen LogP contribution in [0.1, 0.15) is 59.8 Å². The van der Waals surface area contributed by atoms with Crippen molar-refractivity contribution >= 4 is 0 Å². The molecule has 1 saturated carbocycles. The van der Waals surface area contributed by atoms with Gasteiger partial charge in [-0.15, -0.1) is 0 Å². The molecule has 120 valence electrons. The molecule has 0 aromatic carbocycles. The fourth-order valence-corrected chi connectivity index (χ4v) is 3.40. The van der Waals surface area contributed by atoms with Gasteiger partial charge in [-0.25, -0.2) is 0 Å². The van der Waals surface area contributed by atoms with Gasteiger partial charge in [-0.1, -0.05) is 33.1 Å². The van der Waals surface area contributed by atoms with Crippen LogP contribution in [0.5, 0.6) is 0 Å². The van der Waals surface area contributed by atoms with Crippen LogP contribution in [0.4, 0.5) is 0 Å². The Labute approximate surface area is 126 Å². The van der Waals surface area contributed by atoms with Gasteiger partial charge in [-0.2, -0.15) is 0 Å². The summed E-state index contributed by atoms with van der Waals surface area (Å²) in [6, 6.07) is 0.519. The largest absolute Gasteiger partial charge is 0.395 e. The van der Waals surface area contributed by atoms with Gasteiger partial charge < -0.3 is 10.4 Å². The molecule has 0 radical (unpaired) electrons. The summed E-state index contributed by atoms with van der Waals surface area (Å²) in [6.45, 7) is 13.5. The highest BCUT2D eigenvalue weighted by Crippen LogP contribution is 2.37. The molecular weight excluding hydrogens is 248 g/mol. The maximum Gasteiger partial charge on any atom is 0.0558 e. The first-order chi connectivity index (χ1) is 9.49. The Morgan fingerprint density at radius 3 is 2.25 bits per heavy atom. The second kappa shape index (κ2) is 9.01. The molecular formula is C17H36N2O. The lowest BCUT2D eigenvalue weighted by Gasteiger charge is -2.43. The van der Waals surface area contributed by atoms with Gasteiger partial charge in [0.15, 0.2) is 0 Å². The summed E-state index contributed by atoms with van der Waals surface area (Å²) < 4.78 is 0. The van der Waals surface area contributed by atoms with Gasteiger partial charge >= 0.3 is 0 Å². The molecule has 0 aromatic rings. The van der Waals surface area contributed by atoms with Crippen LogP contribution in [0.3, 0.4) is 0 Å². The van der Waals surface area contributed by atoms with Crippen molar-refractivity contribution in [2.24, 2.45) is 11.3 Å². The van der Waals surface area contributed by atoms with Crippen LogP contribution in [-0.2, 0) is 0 Å². The monoisotopic (exact) mass is 284 g/mol. The van der Waals surface area contributed by atoms with Crippen LogP contribution in [0.25, 0.3) is 0 Å². The van der Waals surface area contributed by atoms with Gasteiger partial charge in [0.2, 0.25) is 0 Å². The van der Waals surface area contributed by atoms with Crippen LogP contribution < -0.4 is 5.32 Å². The van der Waals surface area contributed by atoms with E-state index in [0.29, 0.717) is 17.4 Å². The summed E-state index contributed by atoms with van der Waals surface area (Å²) in [6.07, 6.45) is 6.82. The number of aliphatic hydroxyl groups is 1. The van der Waals surface area contributed by atoms with Crippen molar-refractivity contribution in [1.82, 2.24) is 10.2 Å². The zero-order chi connectivity index (χ0) is 15.0. The molecule has 0 saturated heterocycles. The Bertz CT molecular complexity index is 247. The summed E-state index contributed by atoms with van der Waals surface area (Å²) in [4.78, 5) is 2.46. The second-order valence-electron chi connectivity index (χ2n) is 7.37. The van der Waals surface area contributed by atoms with Crippen LogP contribution in [0, 0.1) is 11.3 Å². The molecule has 1 rings (SSSR count). The molecule has 1 fully saturated rings. The van der Waals surface area contributed by atoms with Gasteiger partial charge in [0.1, 0.15) is 0 Å². The normalized spacial score (nSPS) is 19.2. The third kappa shape index (κ3) is 6.11. The Kier molecular flexibility index (Phi) is 8.08. The van der Waals surface area contributed by atoms with E-state index in [1.165, 1.54) is 32.1 Å². The quantitative estimate of drug-likeness (QED) is 0.683. The SMILES string of the molecule is CC(C)CNCC1(CN(CCO)C(C)C)CCCCC1. The average molecular weight is 284 g/mol. The molecule has 2 N–H and O–H groups in total. The Balaban J connectivity index is 2.61. The van der Waals surface area contributed by atoms with Crippen molar-refractivity contribution < 1.29 is 5.11 Å². The molecule has 1 aliphatic carbocycles. The molecule has 3 nitrogen and oxygen atoms in total. The molecule has 0 amide bonds. The maximum absolute atomic E-state index is 9.29. The van der Waals surface area contributed by atoms with E-state index in [4.69, 9.17) is 0 Å². The van der Waals surface area contributed by atoms with Gasteiger partial charge in [-0.3, -0.25) is 4.90 Å². The van der Waals surface area contributed by atoms with Crippen molar-refractivity contribution in [3.05, 3.63) is 0 Å². The Hall–Kier alpha value is -0.120. The van der Waals surface area contributed by atoms with Gasteiger partial charge in [0, 0.05) is 25.7 Å². The van der Waals surface area contributed by atoms with Crippen molar-refractivity contribution in [3.8, 4) is 0 Å². The molecule has 0 spiro atoms. The highest BCUT2D eigenvalue weighted by atomic mass is 16.3. The van der Waals surface area contributed by atoms with Crippen LogP contribution in [-0.4, -0.2) is 48.8 Å². The number of aliphatic hydroxyl groups excluding tert-OH is 1. The molecule has 3 heteroatoms. The number of rotatable bonds is 9. The van der Waals surface area contributed by atoms with Gasteiger partial charge in [0.25, 0.3) is 0 Å². The predicted octanol–water partition coefficient (Wildman–Crippen LogP) is 2.89. The minimum absolute atomic E-state index is 0.272.